The first-order valence-electron chi connectivity index (χ1n) is 7.19. The first-order chi connectivity index (χ1) is 8.57. The minimum absolute atomic E-state index is 0.0269. The highest BCUT2D eigenvalue weighted by Crippen LogP contribution is 2.29. The summed E-state index contributed by atoms with van der Waals surface area (Å²) in [6.07, 6.45) is 3.88. The number of carbonyl (C=O) groups is 2. The monoisotopic (exact) mass is 254 g/mol. The topological polar surface area (TPSA) is 49.4 Å². The number of nitrogens with one attached hydrogen (secondary N) is 1. The van der Waals surface area contributed by atoms with E-state index < -0.39 is 5.54 Å². The fourth-order valence-electron chi connectivity index (χ4n) is 2.86. The lowest BCUT2D eigenvalue weighted by Crippen LogP contribution is -2.70. The van der Waals surface area contributed by atoms with Crippen LogP contribution in [0.2, 0.25) is 0 Å². The minimum atomic E-state index is -0.628. The van der Waals surface area contributed by atoms with E-state index >= 15 is 0 Å². The number of amides is 2. The molecule has 4 nitrogen and oxygen atoms in total. The predicted molar refractivity (Wildman–Crippen MR) is 72.2 cm³/mol. The van der Waals surface area contributed by atoms with Gasteiger partial charge >= 0.3 is 0 Å². The number of hydrogen-bond acceptors (Lipinski definition) is 2. The maximum Gasteiger partial charge on any atom is 0.246 e. The quantitative estimate of drug-likeness (QED) is 0.789. The first kappa shape index (κ1) is 15.0. The maximum absolute atomic E-state index is 12.5. The van der Waals surface area contributed by atoms with Crippen molar-refractivity contribution in [2.75, 3.05) is 6.54 Å². The van der Waals surface area contributed by atoms with E-state index in [9.17, 15) is 9.59 Å². The van der Waals surface area contributed by atoms with Crippen LogP contribution in [-0.4, -0.2) is 34.8 Å². The molecule has 1 rings (SSSR count). The fraction of sp³-hybridized carbons (Fsp3) is 0.857. The van der Waals surface area contributed by atoms with Crippen molar-refractivity contribution in [3.05, 3.63) is 0 Å². The van der Waals surface area contributed by atoms with Crippen LogP contribution in [0.5, 0.6) is 0 Å². The van der Waals surface area contributed by atoms with Crippen LogP contribution in [0.1, 0.15) is 59.8 Å². The molecule has 1 saturated heterocycles. The second-order valence-electron chi connectivity index (χ2n) is 5.04. The van der Waals surface area contributed by atoms with E-state index in [0.717, 1.165) is 19.3 Å². The Kier molecular flexibility index (Phi) is 5.17. The van der Waals surface area contributed by atoms with Gasteiger partial charge in [0.25, 0.3) is 0 Å². The summed E-state index contributed by atoms with van der Waals surface area (Å²) < 4.78 is 0. The second kappa shape index (κ2) is 6.21. The van der Waals surface area contributed by atoms with Crippen LogP contribution < -0.4 is 5.32 Å². The van der Waals surface area contributed by atoms with Gasteiger partial charge in [-0.05, 0) is 25.7 Å². The summed E-state index contributed by atoms with van der Waals surface area (Å²) in [5.74, 6) is 0.126. The third-order valence-electron chi connectivity index (χ3n) is 4.00. The Balaban J connectivity index is 3.05. The zero-order valence-corrected chi connectivity index (χ0v) is 12.1. The number of rotatable bonds is 6. The summed E-state index contributed by atoms with van der Waals surface area (Å²) in [6, 6.07) is -0.319. The summed E-state index contributed by atoms with van der Waals surface area (Å²) in [6.45, 7) is 8.72. The van der Waals surface area contributed by atoms with Crippen molar-refractivity contribution in [3.8, 4) is 0 Å². The molecule has 1 N–H and O–H groups in total. The number of carbonyl (C=O) groups excluding carboxylic acids is 2. The molecule has 4 heteroatoms. The molecule has 104 valence electrons. The van der Waals surface area contributed by atoms with Crippen molar-refractivity contribution in [2.45, 2.75) is 71.4 Å². The molecule has 0 bridgehead atoms. The van der Waals surface area contributed by atoms with Gasteiger partial charge in [-0.25, -0.2) is 0 Å². The summed E-state index contributed by atoms with van der Waals surface area (Å²) in [5.41, 5.74) is -0.628. The smallest absolute Gasteiger partial charge is 0.246 e. The molecular formula is C14H26N2O2. The summed E-state index contributed by atoms with van der Waals surface area (Å²) in [5, 5.41) is 2.92. The van der Waals surface area contributed by atoms with Gasteiger partial charge in [-0.2, -0.15) is 0 Å². The predicted octanol–water partition coefficient (Wildman–Crippen LogP) is 2.08. The van der Waals surface area contributed by atoms with Gasteiger partial charge in [0.05, 0.1) is 0 Å². The number of nitrogens with zero attached hydrogens (tertiary/aromatic N) is 1. The third-order valence-corrected chi connectivity index (χ3v) is 4.00. The molecular weight excluding hydrogens is 228 g/mol. The highest BCUT2D eigenvalue weighted by atomic mass is 16.2. The van der Waals surface area contributed by atoms with Gasteiger partial charge in [-0.3, -0.25) is 9.59 Å². The molecule has 0 spiro atoms. The molecule has 2 amide bonds. The van der Waals surface area contributed by atoms with Crippen LogP contribution in [0.15, 0.2) is 0 Å². The van der Waals surface area contributed by atoms with Crippen molar-refractivity contribution in [1.82, 2.24) is 10.2 Å². The molecule has 0 aromatic heterocycles. The zero-order chi connectivity index (χ0) is 13.8. The normalized spacial score (nSPS) is 23.1. The molecule has 18 heavy (non-hydrogen) atoms. The fourth-order valence-corrected chi connectivity index (χ4v) is 2.86. The standard InChI is InChI=1S/C14H26N2O2/c1-5-9-11-12(17)16(10-6-2)14(7-3,8-4)13(18)15-11/h11H,5-10H2,1-4H3,(H,15,18). The van der Waals surface area contributed by atoms with Gasteiger partial charge < -0.3 is 10.2 Å². The average molecular weight is 254 g/mol. The minimum Gasteiger partial charge on any atom is -0.342 e. The molecule has 0 saturated carbocycles. The van der Waals surface area contributed by atoms with Crippen molar-refractivity contribution >= 4 is 11.8 Å². The molecule has 0 aliphatic carbocycles. The van der Waals surface area contributed by atoms with Gasteiger partial charge in [-0.15, -0.1) is 0 Å². The van der Waals surface area contributed by atoms with E-state index in [-0.39, 0.29) is 17.9 Å². The van der Waals surface area contributed by atoms with Crippen LogP contribution in [0, 0.1) is 0 Å². The van der Waals surface area contributed by atoms with E-state index in [0.29, 0.717) is 19.4 Å². The van der Waals surface area contributed by atoms with E-state index in [1.165, 1.54) is 0 Å². The van der Waals surface area contributed by atoms with Gasteiger partial charge in [-0.1, -0.05) is 34.1 Å². The molecule has 1 fully saturated rings. The highest BCUT2D eigenvalue weighted by Gasteiger charge is 2.49. The van der Waals surface area contributed by atoms with Crippen molar-refractivity contribution < 1.29 is 9.59 Å². The molecule has 0 aromatic carbocycles. The largest absolute Gasteiger partial charge is 0.342 e. The van der Waals surface area contributed by atoms with E-state index in [2.05, 4.69) is 5.32 Å². The zero-order valence-electron chi connectivity index (χ0n) is 12.1. The Hall–Kier alpha value is -1.06. The number of piperazine rings is 1. The van der Waals surface area contributed by atoms with Crippen LogP contribution in [-0.2, 0) is 9.59 Å². The lowest BCUT2D eigenvalue weighted by molar-refractivity contribution is -0.158. The van der Waals surface area contributed by atoms with E-state index in [1.807, 2.05) is 32.6 Å². The molecule has 1 atom stereocenters. The lowest BCUT2D eigenvalue weighted by Gasteiger charge is -2.47. The van der Waals surface area contributed by atoms with Gasteiger partial charge in [0.1, 0.15) is 11.6 Å². The Morgan fingerprint density at radius 3 is 2.17 bits per heavy atom. The van der Waals surface area contributed by atoms with Crippen LogP contribution in [0.4, 0.5) is 0 Å². The molecule has 1 aliphatic rings. The highest BCUT2D eigenvalue weighted by molar-refractivity contribution is 5.99. The lowest BCUT2D eigenvalue weighted by atomic mass is 9.85. The summed E-state index contributed by atoms with van der Waals surface area (Å²) >= 11 is 0. The second-order valence-corrected chi connectivity index (χ2v) is 5.04. The molecule has 1 unspecified atom stereocenters. The van der Waals surface area contributed by atoms with Gasteiger partial charge in [0.2, 0.25) is 11.8 Å². The molecule has 0 radical (unpaired) electrons. The van der Waals surface area contributed by atoms with Crippen molar-refractivity contribution in [2.24, 2.45) is 0 Å². The molecule has 1 aliphatic heterocycles. The third kappa shape index (κ3) is 2.38. The van der Waals surface area contributed by atoms with E-state index in [1.54, 1.807) is 0 Å². The van der Waals surface area contributed by atoms with Gasteiger partial charge in [0, 0.05) is 6.54 Å². The Morgan fingerprint density at radius 1 is 1.11 bits per heavy atom. The summed E-state index contributed by atoms with van der Waals surface area (Å²) in [7, 11) is 0. The van der Waals surface area contributed by atoms with Crippen molar-refractivity contribution in [3.63, 3.8) is 0 Å². The Labute approximate surface area is 110 Å². The Morgan fingerprint density at radius 2 is 1.72 bits per heavy atom. The van der Waals surface area contributed by atoms with Crippen LogP contribution in [0.25, 0.3) is 0 Å². The first-order valence-corrected chi connectivity index (χ1v) is 7.19. The maximum atomic E-state index is 12.5. The Bertz CT molecular complexity index is 311. The number of hydrogen-bond donors (Lipinski definition) is 1. The average Bonchev–Trinajstić information content (AvgIpc) is 2.37. The summed E-state index contributed by atoms with van der Waals surface area (Å²) in [4.78, 5) is 26.7. The SMILES string of the molecule is CCCC1NC(=O)C(CC)(CC)N(CCC)C1=O. The van der Waals surface area contributed by atoms with Gasteiger partial charge in [0.15, 0.2) is 0 Å². The van der Waals surface area contributed by atoms with Crippen LogP contribution >= 0.6 is 0 Å². The van der Waals surface area contributed by atoms with E-state index in [4.69, 9.17) is 0 Å². The van der Waals surface area contributed by atoms with Crippen LogP contribution in [0.3, 0.4) is 0 Å². The van der Waals surface area contributed by atoms with Crippen molar-refractivity contribution in [1.29, 1.82) is 0 Å². The molecule has 1 heterocycles. The molecule has 0 aromatic rings.